The summed E-state index contributed by atoms with van der Waals surface area (Å²) < 4.78 is 1.65. The molecule has 0 amide bonds. The van der Waals surface area contributed by atoms with Crippen LogP contribution in [0.5, 0.6) is 0 Å². The Morgan fingerprint density at radius 2 is 1.78 bits per heavy atom. The predicted octanol–water partition coefficient (Wildman–Crippen LogP) is 5.64. The number of rotatable bonds is 4. The van der Waals surface area contributed by atoms with Crippen molar-refractivity contribution in [2.45, 2.75) is 17.8 Å². The van der Waals surface area contributed by atoms with Crippen LogP contribution in [0, 0.1) is 6.92 Å². The molecule has 0 aliphatic carbocycles. The highest BCUT2D eigenvalue weighted by atomic mass is 35.5. The van der Waals surface area contributed by atoms with E-state index in [1.54, 1.807) is 28.5 Å². The van der Waals surface area contributed by atoms with E-state index < -0.39 is 0 Å². The van der Waals surface area contributed by atoms with Crippen molar-refractivity contribution in [2.75, 3.05) is 0 Å². The van der Waals surface area contributed by atoms with Crippen molar-refractivity contribution >= 4 is 34.3 Å². The average Bonchev–Trinajstić information content (AvgIpc) is 2.67. The van der Waals surface area contributed by atoms with Gasteiger partial charge in [0.15, 0.2) is 5.16 Å². The Hall–Kier alpha value is -2.56. The standard InChI is InChI=1S/C22H17ClN2OS/c1-15-7-2-3-8-16(15)14-27-22-24-20-12-5-4-11-19(20)21(26)25(22)18-10-6-9-17(23)13-18/h2-13H,14H2,1H3. The number of benzene rings is 3. The van der Waals surface area contributed by atoms with Gasteiger partial charge in [0.05, 0.1) is 16.6 Å². The number of para-hydroxylation sites is 1. The zero-order chi connectivity index (χ0) is 18.8. The lowest BCUT2D eigenvalue weighted by Gasteiger charge is -2.14. The molecule has 0 aliphatic heterocycles. The van der Waals surface area contributed by atoms with Crippen molar-refractivity contribution in [1.82, 2.24) is 9.55 Å². The maximum Gasteiger partial charge on any atom is 0.266 e. The fourth-order valence-corrected chi connectivity index (χ4v) is 4.24. The summed E-state index contributed by atoms with van der Waals surface area (Å²) >= 11 is 7.72. The van der Waals surface area contributed by atoms with Gasteiger partial charge >= 0.3 is 0 Å². The highest BCUT2D eigenvalue weighted by Gasteiger charge is 2.14. The van der Waals surface area contributed by atoms with Crippen LogP contribution in [0.4, 0.5) is 0 Å². The fraction of sp³-hybridized carbons (Fsp3) is 0.0909. The van der Waals surface area contributed by atoms with Gasteiger partial charge in [-0.2, -0.15) is 0 Å². The van der Waals surface area contributed by atoms with Crippen LogP contribution in [0.2, 0.25) is 5.02 Å². The van der Waals surface area contributed by atoms with Crippen LogP contribution in [0.1, 0.15) is 11.1 Å². The van der Waals surface area contributed by atoms with Gasteiger partial charge in [-0.25, -0.2) is 4.98 Å². The highest BCUT2D eigenvalue weighted by Crippen LogP contribution is 2.26. The molecular weight excluding hydrogens is 376 g/mol. The van der Waals surface area contributed by atoms with Crippen molar-refractivity contribution in [3.05, 3.63) is 99.3 Å². The maximum absolute atomic E-state index is 13.2. The lowest BCUT2D eigenvalue weighted by Crippen LogP contribution is -2.21. The first-order chi connectivity index (χ1) is 13.1. The van der Waals surface area contributed by atoms with Gasteiger partial charge in [0.1, 0.15) is 0 Å². The summed E-state index contributed by atoms with van der Waals surface area (Å²) in [4.78, 5) is 18.0. The highest BCUT2D eigenvalue weighted by molar-refractivity contribution is 7.98. The van der Waals surface area contributed by atoms with E-state index in [0.29, 0.717) is 21.1 Å². The molecular formula is C22H17ClN2OS. The molecule has 0 aliphatic rings. The molecule has 5 heteroatoms. The van der Waals surface area contributed by atoms with E-state index in [0.717, 1.165) is 11.4 Å². The molecule has 27 heavy (non-hydrogen) atoms. The first kappa shape index (κ1) is 17.8. The summed E-state index contributed by atoms with van der Waals surface area (Å²) in [7, 11) is 0. The third-order valence-electron chi connectivity index (χ3n) is 4.43. The van der Waals surface area contributed by atoms with Crippen molar-refractivity contribution in [3.63, 3.8) is 0 Å². The van der Waals surface area contributed by atoms with Gasteiger partial charge in [-0.05, 0) is 48.4 Å². The van der Waals surface area contributed by atoms with E-state index in [1.165, 1.54) is 11.1 Å². The summed E-state index contributed by atoms with van der Waals surface area (Å²) in [5, 5.41) is 1.84. The van der Waals surface area contributed by atoms with Crippen LogP contribution in [0.15, 0.2) is 82.7 Å². The van der Waals surface area contributed by atoms with Crippen LogP contribution < -0.4 is 5.56 Å². The number of aromatic nitrogens is 2. The minimum atomic E-state index is -0.0878. The molecule has 0 atom stereocenters. The molecule has 4 aromatic rings. The maximum atomic E-state index is 13.2. The number of hydrogen-bond acceptors (Lipinski definition) is 3. The molecule has 0 radical (unpaired) electrons. The van der Waals surface area contributed by atoms with Gasteiger partial charge in [-0.1, -0.05) is 65.8 Å². The second-order valence-corrected chi connectivity index (χ2v) is 7.63. The average molecular weight is 393 g/mol. The second-order valence-electron chi connectivity index (χ2n) is 6.25. The van der Waals surface area contributed by atoms with Gasteiger partial charge < -0.3 is 0 Å². The monoisotopic (exact) mass is 392 g/mol. The molecule has 0 saturated heterocycles. The van der Waals surface area contributed by atoms with Gasteiger partial charge in [0.25, 0.3) is 5.56 Å². The Morgan fingerprint density at radius 3 is 2.59 bits per heavy atom. The first-order valence-corrected chi connectivity index (χ1v) is 9.95. The number of nitrogens with zero attached hydrogens (tertiary/aromatic N) is 2. The fourth-order valence-electron chi connectivity index (χ4n) is 2.97. The van der Waals surface area contributed by atoms with Crippen LogP contribution in [-0.4, -0.2) is 9.55 Å². The Morgan fingerprint density at radius 1 is 1.00 bits per heavy atom. The Labute approximate surface area is 166 Å². The van der Waals surface area contributed by atoms with Gasteiger partial charge in [0, 0.05) is 10.8 Å². The Kier molecular flexibility index (Phi) is 5.01. The summed E-state index contributed by atoms with van der Waals surface area (Å²) in [5.41, 5.74) is 3.78. The van der Waals surface area contributed by atoms with Crippen molar-refractivity contribution < 1.29 is 0 Å². The zero-order valence-corrected chi connectivity index (χ0v) is 16.3. The minimum Gasteiger partial charge on any atom is -0.268 e. The number of halogens is 1. The molecule has 4 rings (SSSR count). The van der Waals surface area contributed by atoms with Gasteiger partial charge in [-0.3, -0.25) is 9.36 Å². The third kappa shape index (κ3) is 3.64. The quantitative estimate of drug-likeness (QED) is 0.333. The summed E-state index contributed by atoms with van der Waals surface area (Å²) in [6, 6.07) is 23.0. The van der Waals surface area contributed by atoms with Crippen LogP contribution >= 0.6 is 23.4 Å². The summed E-state index contributed by atoms with van der Waals surface area (Å²) in [6.45, 7) is 2.09. The van der Waals surface area contributed by atoms with Crippen LogP contribution in [0.25, 0.3) is 16.6 Å². The zero-order valence-electron chi connectivity index (χ0n) is 14.7. The molecule has 1 heterocycles. The second kappa shape index (κ2) is 7.59. The Balaban J connectivity index is 1.86. The Bertz CT molecular complexity index is 1190. The van der Waals surface area contributed by atoms with Gasteiger partial charge in [0.2, 0.25) is 0 Å². The smallest absolute Gasteiger partial charge is 0.266 e. The largest absolute Gasteiger partial charge is 0.268 e. The molecule has 0 spiro atoms. The number of thioether (sulfide) groups is 1. The topological polar surface area (TPSA) is 34.9 Å². The van der Waals surface area contributed by atoms with E-state index in [9.17, 15) is 4.79 Å². The minimum absolute atomic E-state index is 0.0878. The molecule has 3 nitrogen and oxygen atoms in total. The number of fused-ring (bicyclic) bond motifs is 1. The van der Waals surface area contributed by atoms with Gasteiger partial charge in [-0.15, -0.1) is 0 Å². The third-order valence-corrected chi connectivity index (χ3v) is 5.65. The van der Waals surface area contributed by atoms with E-state index in [2.05, 4.69) is 19.1 Å². The van der Waals surface area contributed by atoms with Crippen molar-refractivity contribution in [2.24, 2.45) is 0 Å². The lowest BCUT2D eigenvalue weighted by atomic mass is 10.1. The van der Waals surface area contributed by atoms with E-state index in [4.69, 9.17) is 16.6 Å². The van der Waals surface area contributed by atoms with E-state index in [1.807, 2.05) is 48.5 Å². The first-order valence-electron chi connectivity index (χ1n) is 8.58. The molecule has 3 aromatic carbocycles. The van der Waals surface area contributed by atoms with Crippen molar-refractivity contribution in [3.8, 4) is 5.69 Å². The molecule has 1 aromatic heterocycles. The lowest BCUT2D eigenvalue weighted by molar-refractivity contribution is 0.819. The molecule has 0 unspecified atom stereocenters. The van der Waals surface area contributed by atoms with Crippen LogP contribution in [0.3, 0.4) is 0 Å². The summed E-state index contributed by atoms with van der Waals surface area (Å²) in [5.74, 6) is 0.734. The molecule has 0 saturated carbocycles. The van der Waals surface area contributed by atoms with Crippen LogP contribution in [-0.2, 0) is 5.75 Å². The predicted molar refractivity (Wildman–Crippen MR) is 113 cm³/mol. The molecule has 0 fully saturated rings. The summed E-state index contributed by atoms with van der Waals surface area (Å²) in [6.07, 6.45) is 0. The number of aryl methyl sites for hydroxylation is 1. The molecule has 0 bridgehead atoms. The van der Waals surface area contributed by atoms with E-state index >= 15 is 0 Å². The SMILES string of the molecule is Cc1ccccc1CSc1nc2ccccc2c(=O)n1-c1cccc(Cl)c1. The molecule has 134 valence electrons. The molecule has 0 N–H and O–H groups in total. The normalized spacial score (nSPS) is 11.0. The van der Waals surface area contributed by atoms with Crippen molar-refractivity contribution in [1.29, 1.82) is 0 Å². The van der Waals surface area contributed by atoms with E-state index in [-0.39, 0.29) is 5.56 Å². The number of hydrogen-bond donors (Lipinski definition) is 0.